The summed E-state index contributed by atoms with van der Waals surface area (Å²) in [5.74, 6) is -1.67. The lowest BCUT2D eigenvalue weighted by Gasteiger charge is -2.30. The van der Waals surface area contributed by atoms with Crippen LogP contribution in [0, 0.1) is 0 Å². The van der Waals surface area contributed by atoms with E-state index in [1.165, 1.54) is 6.92 Å². The Morgan fingerprint density at radius 1 is 1.54 bits per heavy atom. The van der Waals surface area contributed by atoms with Crippen LogP contribution >= 0.6 is 11.6 Å². The van der Waals surface area contributed by atoms with Crippen LogP contribution in [-0.4, -0.2) is 48.4 Å². The van der Waals surface area contributed by atoms with E-state index in [0.717, 1.165) is 6.08 Å². The molecule has 3 unspecified atom stereocenters. The third-order valence-electron chi connectivity index (χ3n) is 3.38. The largest absolute Gasteiger partial charge is 0.523 e. The van der Waals surface area contributed by atoms with E-state index in [0.29, 0.717) is 0 Å². The van der Waals surface area contributed by atoms with Crippen molar-refractivity contribution in [1.82, 2.24) is 0 Å². The van der Waals surface area contributed by atoms with Gasteiger partial charge in [-0.15, -0.1) is 11.6 Å². The number of rotatable bonds is 4. The average Bonchev–Trinajstić information content (AvgIpc) is 2.87. The standard InChI is InChI=1S/C12H10ClF3O7S/c1-11(13)3-5(4-17)8(23-24(20,21)12(14,15)16)6-2-7(10(18)19)22-9(6)11/h3-4,7-8H,2H2,1H3,(H,18,19). The molecule has 0 aromatic heterocycles. The van der Waals surface area contributed by atoms with E-state index in [1.807, 2.05) is 0 Å². The summed E-state index contributed by atoms with van der Waals surface area (Å²) in [4.78, 5) is 20.6. The lowest BCUT2D eigenvalue weighted by molar-refractivity contribution is -0.146. The second kappa shape index (κ2) is 5.74. The van der Waals surface area contributed by atoms with Crippen molar-refractivity contribution in [3.63, 3.8) is 0 Å². The smallest absolute Gasteiger partial charge is 0.480 e. The van der Waals surface area contributed by atoms with Crippen molar-refractivity contribution in [2.45, 2.75) is 35.9 Å². The zero-order valence-electron chi connectivity index (χ0n) is 11.8. The first-order valence-electron chi connectivity index (χ1n) is 6.29. The molecule has 0 bridgehead atoms. The fourth-order valence-electron chi connectivity index (χ4n) is 2.39. The molecule has 0 saturated carbocycles. The van der Waals surface area contributed by atoms with Gasteiger partial charge in [-0.2, -0.15) is 21.6 Å². The first-order valence-corrected chi connectivity index (χ1v) is 8.08. The maximum absolute atomic E-state index is 12.5. The van der Waals surface area contributed by atoms with Crippen LogP contribution < -0.4 is 0 Å². The molecule has 0 aromatic carbocycles. The molecule has 12 heteroatoms. The summed E-state index contributed by atoms with van der Waals surface area (Å²) in [7, 11) is -6.03. The van der Waals surface area contributed by atoms with Crippen LogP contribution in [0.5, 0.6) is 0 Å². The number of carbonyl (C=O) groups excluding carboxylic acids is 1. The Hall–Kier alpha value is -1.59. The van der Waals surface area contributed by atoms with Gasteiger partial charge in [0.05, 0.1) is 0 Å². The molecule has 134 valence electrons. The molecule has 1 N–H and O–H groups in total. The van der Waals surface area contributed by atoms with E-state index >= 15 is 0 Å². The molecular formula is C12H10ClF3O7S. The summed E-state index contributed by atoms with van der Waals surface area (Å²) in [5, 5.41) is 8.98. The maximum Gasteiger partial charge on any atom is 0.523 e. The Morgan fingerprint density at radius 2 is 2.12 bits per heavy atom. The minimum atomic E-state index is -6.03. The minimum Gasteiger partial charge on any atom is -0.480 e. The van der Waals surface area contributed by atoms with Gasteiger partial charge in [0.15, 0.2) is 6.10 Å². The molecule has 1 aliphatic heterocycles. The van der Waals surface area contributed by atoms with Crippen molar-refractivity contribution in [2.75, 3.05) is 0 Å². The fraction of sp³-hybridized carbons (Fsp3) is 0.500. The predicted molar refractivity (Wildman–Crippen MR) is 72.4 cm³/mol. The molecule has 0 amide bonds. The molecule has 2 aliphatic rings. The first kappa shape index (κ1) is 18.7. The predicted octanol–water partition coefficient (Wildman–Crippen LogP) is 1.49. The number of hydrogen-bond donors (Lipinski definition) is 1. The van der Waals surface area contributed by atoms with Gasteiger partial charge in [-0.05, 0) is 13.0 Å². The summed E-state index contributed by atoms with van der Waals surface area (Å²) in [6.45, 7) is 1.31. The third kappa shape index (κ3) is 3.15. The average molecular weight is 391 g/mol. The van der Waals surface area contributed by atoms with Gasteiger partial charge in [0.1, 0.15) is 23.0 Å². The topological polar surface area (TPSA) is 107 Å². The number of halogens is 4. The highest BCUT2D eigenvalue weighted by atomic mass is 35.5. The number of aldehydes is 1. The van der Waals surface area contributed by atoms with Crippen molar-refractivity contribution in [3.05, 3.63) is 23.0 Å². The first-order chi connectivity index (χ1) is 10.8. The molecule has 0 fully saturated rings. The normalized spacial score (nSPS) is 30.5. The fourth-order valence-corrected chi connectivity index (χ4v) is 3.27. The lowest BCUT2D eigenvalue weighted by Crippen LogP contribution is -2.36. The van der Waals surface area contributed by atoms with Crippen LogP contribution in [0.3, 0.4) is 0 Å². The molecule has 0 radical (unpaired) electrons. The molecule has 2 rings (SSSR count). The number of hydrogen-bond acceptors (Lipinski definition) is 6. The van der Waals surface area contributed by atoms with Crippen molar-refractivity contribution in [1.29, 1.82) is 0 Å². The highest BCUT2D eigenvalue weighted by Gasteiger charge is 2.53. The lowest BCUT2D eigenvalue weighted by atomic mass is 9.87. The zero-order chi connectivity index (χ0) is 18.5. The Balaban J connectivity index is 2.49. The van der Waals surface area contributed by atoms with Gasteiger partial charge in [0.2, 0.25) is 0 Å². The van der Waals surface area contributed by atoms with E-state index in [-0.39, 0.29) is 17.6 Å². The van der Waals surface area contributed by atoms with Gasteiger partial charge < -0.3 is 9.84 Å². The molecule has 24 heavy (non-hydrogen) atoms. The third-order valence-corrected chi connectivity index (χ3v) is 4.67. The van der Waals surface area contributed by atoms with Gasteiger partial charge in [-0.1, -0.05) is 0 Å². The van der Waals surface area contributed by atoms with Gasteiger partial charge in [-0.25, -0.2) is 4.79 Å². The minimum absolute atomic E-state index is 0.0923. The Labute approximate surface area is 138 Å². The van der Waals surface area contributed by atoms with Crippen molar-refractivity contribution >= 4 is 34.0 Å². The summed E-state index contributed by atoms with van der Waals surface area (Å²) in [5.41, 5.74) is -6.43. The zero-order valence-corrected chi connectivity index (χ0v) is 13.4. The van der Waals surface area contributed by atoms with Crippen molar-refractivity contribution in [2.24, 2.45) is 0 Å². The number of carboxylic acid groups (broad SMARTS) is 1. The Morgan fingerprint density at radius 3 is 2.58 bits per heavy atom. The number of ether oxygens (including phenoxy) is 1. The van der Waals surface area contributed by atoms with E-state index in [4.69, 9.17) is 21.4 Å². The number of aliphatic carboxylic acids is 1. The van der Waals surface area contributed by atoms with Gasteiger partial charge in [0.25, 0.3) is 0 Å². The number of alkyl halides is 4. The molecule has 1 heterocycles. The Bertz CT molecular complexity index is 751. The molecule has 7 nitrogen and oxygen atoms in total. The highest BCUT2D eigenvalue weighted by Crippen LogP contribution is 2.46. The van der Waals surface area contributed by atoms with Crippen LogP contribution in [0.25, 0.3) is 0 Å². The van der Waals surface area contributed by atoms with Crippen molar-refractivity contribution < 1.29 is 45.2 Å². The summed E-state index contributed by atoms with van der Waals surface area (Å²) < 4.78 is 69.3. The second-order valence-electron chi connectivity index (χ2n) is 5.22. The molecule has 1 aliphatic carbocycles. The van der Waals surface area contributed by atoms with Crippen LogP contribution in [0.1, 0.15) is 13.3 Å². The van der Waals surface area contributed by atoms with E-state index in [2.05, 4.69) is 4.18 Å². The molecule has 0 spiro atoms. The van der Waals surface area contributed by atoms with Gasteiger partial charge >= 0.3 is 21.6 Å². The van der Waals surface area contributed by atoms with Gasteiger partial charge in [0, 0.05) is 17.6 Å². The second-order valence-corrected chi connectivity index (χ2v) is 7.57. The van der Waals surface area contributed by atoms with Gasteiger partial charge in [-0.3, -0.25) is 8.98 Å². The maximum atomic E-state index is 12.5. The number of allylic oxidation sites excluding steroid dienone is 1. The summed E-state index contributed by atoms with van der Waals surface area (Å²) in [6, 6.07) is 0. The number of carbonyl (C=O) groups is 2. The Kier molecular flexibility index (Phi) is 4.48. The van der Waals surface area contributed by atoms with E-state index < -0.39 is 50.7 Å². The van der Waals surface area contributed by atoms with Crippen molar-refractivity contribution in [3.8, 4) is 0 Å². The highest BCUT2D eigenvalue weighted by molar-refractivity contribution is 7.87. The van der Waals surface area contributed by atoms with Crippen LogP contribution in [-0.2, 0) is 28.6 Å². The quantitative estimate of drug-likeness (QED) is 0.335. The van der Waals surface area contributed by atoms with E-state index in [1.54, 1.807) is 0 Å². The van der Waals surface area contributed by atoms with E-state index in [9.17, 15) is 31.2 Å². The SMILES string of the molecule is CC1(Cl)C=C(C=O)C(OS(=O)(=O)C(F)(F)F)C2=C1OC(C(=O)O)C2. The number of carboxylic acids is 1. The molecule has 3 atom stereocenters. The molecule has 0 saturated heterocycles. The van der Waals surface area contributed by atoms with Crippen LogP contribution in [0.4, 0.5) is 13.2 Å². The molecule has 0 aromatic rings. The van der Waals surface area contributed by atoms with Crippen LogP contribution in [0.2, 0.25) is 0 Å². The molecular weight excluding hydrogens is 381 g/mol. The summed E-state index contributed by atoms with van der Waals surface area (Å²) >= 11 is 6.10. The monoisotopic (exact) mass is 390 g/mol. The van der Waals surface area contributed by atoms with Crippen LogP contribution in [0.15, 0.2) is 23.0 Å². The summed E-state index contributed by atoms with van der Waals surface area (Å²) in [6.07, 6.45) is -2.86.